The van der Waals surface area contributed by atoms with E-state index in [9.17, 15) is 9.59 Å². The number of aromatic nitrogens is 1. The molecule has 0 aliphatic carbocycles. The van der Waals surface area contributed by atoms with E-state index in [0.717, 1.165) is 18.4 Å². The minimum absolute atomic E-state index is 0.0417. The van der Waals surface area contributed by atoms with Crippen LogP contribution in [-0.4, -0.2) is 17.5 Å². The Hall–Kier alpha value is -2.27. The zero-order valence-corrected chi connectivity index (χ0v) is 15.9. The number of ether oxygens (including phenoxy) is 1. The van der Waals surface area contributed by atoms with E-state index < -0.39 is 0 Å². The van der Waals surface area contributed by atoms with Crippen LogP contribution in [0.5, 0.6) is 5.75 Å². The van der Waals surface area contributed by atoms with E-state index in [-0.39, 0.29) is 11.3 Å². The van der Waals surface area contributed by atoms with Gasteiger partial charge in [0.1, 0.15) is 0 Å². The highest BCUT2D eigenvalue weighted by molar-refractivity contribution is 6.30. The fourth-order valence-electron chi connectivity index (χ4n) is 2.36. The molecule has 0 saturated heterocycles. The maximum absolute atomic E-state index is 12.0. The van der Waals surface area contributed by atoms with Gasteiger partial charge in [0.2, 0.25) is 11.3 Å². The van der Waals surface area contributed by atoms with Crippen molar-refractivity contribution in [2.45, 2.75) is 39.7 Å². The molecule has 0 saturated carbocycles. The van der Waals surface area contributed by atoms with Crippen LogP contribution in [0.1, 0.15) is 37.9 Å². The highest BCUT2D eigenvalue weighted by atomic mass is 35.5. The monoisotopic (exact) mass is 376 g/mol. The van der Waals surface area contributed by atoms with Gasteiger partial charge in [0.25, 0.3) is 0 Å². The van der Waals surface area contributed by atoms with Crippen molar-refractivity contribution in [2.24, 2.45) is 5.92 Å². The van der Waals surface area contributed by atoms with Crippen LogP contribution in [-0.2, 0) is 17.8 Å². The molecule has 2 rings (SSSR count). The SMILES string of the molecule is CC(C)COc1c[nH]c(CNC(=O)CCCc2ccc(Cl)cc2)cc1=O. The van der Waals surface area contributed by atoms with Gasteiger partial charge in [0.15, 0.2) is 5.75 Å². The lowest BCUT2D eigenvalue weighted by Gasteiger charge is -2.09. The van der Waals surface area contributed by atoms with Crippen LogP contribution in [0.4, 0.5) is 0 Å². The molecular formula is C20H25ClN2O3. The smallest absolute Gasteiger partial charge is 0.223 e. The average Bonchev–Trinajstić information content (AvgIpc) is 2.60. The van der Waals surface area contributed by atoms with Crippen LogP contribution in [0.2, 0.25) is 5.02 Å². The number of benzene rings is 1. The largest absolute Gasteiger partial charge is 0.488 e. The molecule has 6 heteroatoms. The van der Waals surface area contributed by atoms with Crippen molar-refractivity contribution in [1.82, 2.24) is 10.3 Å². The highest BCUT2D eigenvalue weighted by Crippen LogP contribution is 2.11. The summed E-state index contributed by atoms with van der Waals surface area (Å²) in [5.74, 6) is 0.609. The van der Waals surface area contributed by atoms with E-state index >= 15 is 0 Å². The van der Waals surface area contributed by atoms with Gasteiger partial charge in [0, 0.05) is 29.4 Å². The lowest BCUT2D eigenvalue weighted by atomic mass is 10.1. The number of rotatable bonds is 9. The fourth-order valence-corrected chi connectivity index (χ4v) is 2.48. The van der Waals surface area contributed by atoms with Crippen molar-refractivity contribution in [3.8, 4) is 5.75 Å². The minimum atomic E-state index is -0.184. The summed E-state index contributed by atoms with van der Waals surface area (Å²) < 4.78 is 5.44. The summed E-state index contributed by atoms with van der Waals surface area (Å²) in [4.78, 5) is 26.9. The zero-order chi connectivity index (χ0) is 18.9. The molecule has 1 amide bonds. The first kappa shape index (κ1) is 20.0. The van der Waals surface area contributed by atoms with Crippen molar-refractivity contribution in [3.05, 3.63) is 63.0 Å². The Morgan fingerprint density at radius 3 is 2.65 bits per heavy atom. The number of aromatic amines is 1. The number of hydrogen-bond donors (Lipinski definition) is 2. The van der Waals surface area contributed by atoms with Crippen molar-refractivity contribution >= 4 is 17.5 Å². The van der Waals surface area contributed by atoms with E-state index in [1.807, 2.05) is 38.1 Å². The molecule has 0 aliphatic heterocycles. The van der Waals surface area contributed by atoms with Gasteiger partial charge in [-0.05, 0) is 36.5 Å². The predicted octanol–water partition coefficient (Wildman–Crippen LogP) is 3.70. The number of aryl methyl sites for hydroxylation is 1. The van der Waals surface area contributed by atoms with E-state index in [2.05, 4.69) is 10.3 Å². The molecule has 0 aliphatic rings. The number of hydrogen-bond acceptors (Lipinski definition) is 3. The molecule has 0 fully saturated rings. The van der Waals surface area contributed by atoms with Crippen molar-refractivity contribution in [3.63, 3.8) is 0 Å². The van der Waals surface area contributed by atoms with Gasteiger partial charge < -0.3 is 15.0 Å². The molecule has 26 heavy (non-hydrogen) atoms. The third kappa shape index (κ3) is 6.92. The van der Waals surface area contributed by atoms with Gasteiger partial charge in [-0.2, -0.15) is 0 Å². The van der Waals surface area contributed by atoms with Crippen LogP contribution >= 0.6 is 11.6 Å². The number of H-pyrrole nitrogens is 1. The Bertz CT molecular complexity index is 769. The van der Waals surface area contributed by atoms with Gasteiger partial charge in [-0.25, -0.2) is 0 Å². The number of carbonyl (C=O) groups excluding carboxylic acids is 1. The molecule has 2 aromatic rings. The Morgan fingerprint density at radius 2 is 2.00 bits per heavy atom. The van der Waals surface area contributed by atoms with Crippen LogP contribution < -0.4 is 15.5 Å². The molecule has 1 aromatic carbocycles. The van der Waals surface area contributed by atoms with Crippen LogP contribution in [0.25, 0.3) is 0 Å². The number of halogens is 1. The number of nitrogens with one attached hydrogen (secondary N) is 2. The summed E-state index contributed by atoms with van der Waals surface area (Å²) in [6.07, 6.45) is 3.56. The summed E-state index contributed by atoms with van der Waals surface area (Å²) in [7, 11) is 0. The molecule has 1 heterocycles. The zero-order valence-electron chi connectivity index (χ0n) is 15.2. The summed E-state index contributed by atoms with van der Waals surface area (Å²) in [6, 6.07) is 9.09. The maximum atomic E-state index is 12.0. The predicted molar refractivity (Wildman–Crippen MR) is 104 cm³/mol. The first-order chi connectivity index (χ1) is 12.4. The standard InChI is InChI=1S/C20H25ClN2O3/c1-14(2)13-26-19-12-22-17(10-18(19)24)11-23-20(25)5-3-4-15-6-8-16(21)9-7-15/h6-10,12,14H,3-5,11,13H2,1-2H3,(H,22,24)(H,23,25). The quantitative estimate of drug-likeness (QED) is 0.700. The van der Waals surface area contributed by atoms with Crippen LogP contribution in [0.15, 0.2) is 41.3 Å². The van der Waals surface area contributed by atoms with Gasteiger partial charge in [0.05, 0.1) is 13.2 Å². The lowest BCUT2D eigenvalue weighted by Crippen LogP contribution is -2.24. The Kier molecular flexibility index (Phi) is 7.73. The van der Waals surface area contributed by atoms with Gasteiger partial charge >= 0.3 is 0 Å². The molecule has 2 N–H and O–H groups in total. The average molecular weight is 377 g/mol. The van der Waals surface area contributed by atoms with Gasteiger partial charge in [-0.3, -0.25) is 9.59 Å². The normalized spacial score (nSPS) is 10.8. The topological polar surface area (TPSA) is 71.2 Å². The van der Waals surface area contributed by atoms with E-state index in [1.165, 1.54) is 6.07 Å². The third-order valence-corrected chi connectivity index (χ3v) is 4.02. The Balaban J connectivity index is 1.73. The lowest BCUT2D eigenvalue weighted by molar-refractivity contribution is -0.121. The molecule has 0 unspecified atom stereocenters. The third-order valence-electron chi connectivity index (χ3n) is 3.77. The first-order valence-corrected chi connectivity index (χ1v) is 9.17. The molecule has 0 bridgehead atoms. The highest BCUT2D eigenvalue weighted by Gasteiger charge is 2.06. The minimum Gasteiger partial charge on any atom is -0.488 e. The first-order valence-electron chi connectivity index (χ1n) is 8.79. The van der Waals surface area contributed by atoms with Crippen molar-refractivity contribution < 1.29 is 9.53 Å². The molecule has 0 spiro atoms. The van der Waals surface area contributed by atoms with Gasteiger partial charge in [-0.1, -0.05) is 37.6 Å². The molecule has 140 valence electrons. The Morgan fingerprint density at radius 1 is 1.27 bits per heavy atom. The van der Waals surface area contributed by atoms with E-state index in [1.54, 1.807) is 6.20 Å². The summed E-state index contributed by atoms with van der Waals surface area (Å²) >= 11 is 5.85. The van der Waals surface area contributed by atoms with Gasteiger partial charge in [-0.15, -0.1) is 0 Å². The molecule has 0 atom stereocenters. The van der Waals surface area contributed by atoms with E-state index in [0.29, 0.717) is 42.0 Å². The second-order valence-corrected chi connectivity index (χ2v) is 7.08. The van der Waals surface area contributed by atoms with E-state index in [4.69, 9.17) is 16.3 Å². The molecule has 0 radical (unpaired) electrons. The number of amides is 1. The van der Waals surface area contributed by atoms with Crippen LogP contribution in [0, 0.1) is 5.92 Å². The molecule has 1 aromatic heterocycles. The van der Waals surface area contributed by atoms with Crippen LogP contribution in [0.3, 0.4) is 0 Å². The summed E-state index contributed by atoms with van der Waals surface area (Å²) in [5, 5.41) is 3.53. The van der Waals surface area contributed by atoms with Crippen molar-refractivity contribution in [2.75, 3.05) is 6.61 Å². The molecular weight excluding hydrogens is 352 g/mol. The second-order valence-electron chi connectivity index (χ2n) is 6.65. The maximum Gasteiger partial charge on any atom is 0.223 e. The van der Waals surface area contributed by atoms with Crippen molar-refractivity contribution in [1.29, 1.82) is 0 Å². The number of carbonyl (C=O) groups is 1. The summed E-state index contributed by atoms with van der Waals surface area (Å²) in [6.45, 7) is 4.82. The summed E-state index contributed by atoms with van der Waals surface area (Å²) in [5.41, 5.74) is 1.62. The molecule has 5 nitrogen and oxygen atoms in total. The number of pyridine rings is 1. The Labute approximate surface area is 158 Å². The second kappa shape index (κ2) is 10.0. The fraction of sp³-hybridized carbons (Fsp3) is 0.400.